The Hall–Kier alpha value is -3.63. The van der Waals surface area contributed by atoms with Gasteiger partial charge < -0.3 is 14.8 Å². The molecule has 0 atom stereocenters. The van der Waals surface area contributed by atoms with Crippen molar-refractivity contribution in [2.45, 2.75) is 6.61 Å². The topological polar surface area (TPSA) is 84.9 Å². The van der Waals surface area contributed by atoms with Crippen molar-refractivity contribution in [3.05, 3.63) is 93.1 Å². The smallest absolute Gasteiger partial charge is 0.294 e. The molecule has 36 heavy (non-hydrogen) atoms. The van der Waals surface area contributed by atoms with Gasteiger partial charge in [-0.05, 0) is 65.9 Å². The van der Waals surface area contributed by atoms with Gasteiger partial charge in [0.15, 0.2) is 11.5 Å². The van der Waals surface area contributed by atoms with Gasteiger partial charge in [-0.15, -0.1) is 0 Å². The number of methoxy groups -OCH3 is 1. The third kappa shape index (κ3) is 6.13. The van der Waals surface area contributed by atoms with Crippen LogP contribution in [0, 0.1) is 5.82 Å². The number of rotatable bonds is 8. The second kappa shape index (κ2) is 11.4. The molecule has 1 fully saturated rings. The van der Waals surface area contributed by atoms with E-state index in [-0.39, 0.29) is 17.3 Å². The molecule has 1 aliphatic heterocycles. The maximum atomic E-state index is 13.9. The summed E-state index contributed by atoms with van der Waals surface area (Å²) in [5, 5.41) is 2.13. The van der Waals surface area contributed by atoms with Gasteiger partial charge in [-0.3, -0.25) is 19.3 Å². The molecule has 0 unspecified atom stereocenters. The molecule has 4 rings (SSSR count). The molecule has 10 heteroatoms. The third-order valence-corrected chi connectivity index (χ3v) is 6.57. The lowest BCUT2D eigenvalue weighted by molar-refractivity contribution is -0.127. The Labute approximate surface area is 219 Å². The van der Waals surface area contributed by atoms with Gasteiger partial charge >= 0.3 is 0 Å². The van der Waals surface area contributed by atoms with Crippen molar-refractivity contribution >= 4 is 56.5 Å². The van der Waals surface area contributed by atoms with Crippen LogP contribution in [0.25, 0.3) is 6.08 Å². The van der Waals surface area contributed by atoms with Crippen LogP contribution < -0.4 is 14.8 Å². The van der Waals surface area contributed by atoms with Gasteiger partial charge in [0.2, 0.25) is 5.91 Å². The number of nitrogens with zero attached hydrogens (tertiary/aromatic N) is 1. The summed E-state index contributed by atoms with van der Waals surface area (Å²) in [6.45, 7) is -0.381. The quantitative estimate of drug-likeness (QED) is 0.342. The standard InChI is InChI=1S/C26H20BrFN2O5S/c1-34-22-12-16(6-11-21(22)35-15-17-4-2-3-5-20(17)28)13-23-25(32)30(26(33)36-23)14-24(31)29-19-9-7-18(27)8-10-19/h2-13H,14-15H2,1H3,(H,29,31)/b23-13+. The van der Waals surface area contributed by atoms with Gasteiger partial charge in [-0.2, -0.15) is 0 Å². The minimum Gasteiger partial charge on any atom is -0.493 e. The molecule has 1 aliphatic rings. The van der Waals surface area contributed by atoms with Crippen molar-refractivity contribution < 1.29 is 28.2 Å². The molecule has 1 N–H and O–H groups in total. The summed E-state index contributed by atoms with van der Waals surface area (Å²) < 4.78 is 25.8. The highest BCUT2D eigenvalue weighted by Crippen LogP contribution is 2.35. The molecule has 184 valence electrons. The summed E-state index contributed by atoms with van der Waals surface area (Å²) in [5.74, 6) is -0.633. The highest BCUT2D eigenvalue weighted by atomic mass is 79.9. The summed E-state index contributed by atoms with van der Waals surface area (Å²) >= 11 is 4.07. The van der Waals surface area contributed by atoms with Gasteiger partial charge in [0.25, 0.3) is 11.1 Å². The van der Waals surface area contributed by atoms with Gasteiger partial charge in [-0.25, -0.2) is 4.39 Å². The molecular weight excluding hydrogens is 551 g/mol. The first kappa shape index (κ1) is 25.5. The Kier molecular flexibility index (Phi) is 8.07. The average Bonchev–Trinajstić information content (AvgIpc) is 3.12. The number of amides is 3. The van der Waals surface area contributed by atoms with E-state index in [4.69, 9.17) is 9.47 Å². The Morgan fingerprint density at radius 2 is 1.83 bits per heavy atom. The lowest BCUT2D eigenvalue weighted by Crippen LogP contribution is -2.36. The number of nitrogens with one attached hydrogen (secondary N) is 1. The molecule has 0 saturated carbocycles. The molecule has 0 spiro atoms. The molecule has 0 radical (unpaired) electrons. The molecule has 1 saturated heterocycles. The van der Waals surface area contributed by atoms with E-state index in [1.807, 2.05) is 0 Å². The summed E-state index contributed by atoms with van der Waals surface area (Å²) in [4.78, 5) is 38.7. The SMILES string of the molecule is COc1cc(/C=C2/SC(=O)N(CC(=O)Nc3ccc(Br)cc3)C2=O)ccc1OCc1ccccc1F. The van der Waals surface area contributed by atoms with Crippen molar-refractivity contribution in [1.29, 1.82) is 0 Å². The largest absolute Gasteiger partial charge is 0.493 e. The molecule has 0 aliphatic carbocycles. The van der Waals surface area contributed by atoms with E-state index < -0.39 is 23.6 Å². The van der Waals surface area contributed by atoms with Crippen LogP contribution in [0.3, 0.4) is 0 Å². The van der Waals surface area contributed by atoms with Crippen LogP contribution in [0.2, 0.25) is 0 Å². The van der Waals surface area contributed by atoms with Crippen LogP contribution in [0.5, 0.6) is 11.5 Å². The number of imide groups is 1. The van der Waals surface area contributed by atoms with E-state index >= 15 is 0 Å². The zero-order valence-corrected chi connectivity index (χ0v) is 21.4. The lowest BCUT2D eigenvalue weighted by Gasteiger charge is -2.13. The van der Waals surface area contributed by atoms with Crippen LogP contribution in [0.4, 0.5) is 14.9 Å². The van der Waals surface area contributed by atoms with Crippen LogP contribution >= 0.6 is 27.7 Å². The number of anilines is 1. The van der Waals surface area contributed by atoms with Gasteiger partial charge in [0.05, 0.1) is 12.0 Å². The maximum absolute atomic E-state index is 13.9. The van der Waals surface area contributed by atoms with E-state index in [2.05, 4.69) is 21.2 Å². The number of hydrogen-bond acceptors (Lipinski definition) is 6. The van der Waals surface area contributed by atoms with Gasteiger partial charge in [-0.1, -0.05) is 40.2 Å². The van der Waals surface area contributed by atoms with Crippen LogP contribution in [0.15, 0.2) is 76.1 Å². The predicted octanol–water partition coefficient (Wildman–Crippen LogP) is 5.85. The maximum Gasteiger partial charge on any atom is 0.294 e. The second-order valence-electron chi connectivity index (χ2n) is 7.61. The normalized spacial score (nSPS) is 14.3. The van der Waals surface area contributed by atoms with Crippen LogP contribution in [-0.4, -0.2) is 35.6 Å². The number of carbonyl (C=O) groups excluding carboxylic acids is 3. The van der Waals surface area contributed by atoms with Crippen LogP contribution in [0.1, 0.15) is 11.1 Å². The van der Waals surface area contributed by atoms with Crippen molar-refractivity contribution in [2.75, 3.05) is 19.0 Å². The summed E-state index contributed by atoms with van der Waals surface area (Å²) in [6, 6.07) is 18.2. The Bertz CT molecular complexity index is 1350. The first-order valence-corrected chi connectivity index (χ1v) is 12.3. The Morgan fingerprint density at radius 3 is 2.56 bits per heavy atom. The Balaban J connectivity index is 1.43. The van der Waals surface area contributed by atoms with Gasteiger partial charge in [0.1, 0.15) is 19.0 Å². The molecule has 3 aromatic carbocycles. The third-order valence-electron chi connectivity index (χ3n) is 5.13. The monoisotopic (exact) mass is 570 g/mol. The molecule has 0 aromatic heterocycles. The van der Waals surface area contributed by atoms with Crippen LogP contribution in [-0.2, 0) is 16.2 Å². The number of halogens is 2. The second-order valence-corrected chi connectivity index (χ2v) is 9.52. The molecule has 7 nitrogen and oxygen atoms in total. The van der Waals surface area contributed by atoms with E-state index in [0.29, 0.717) is 28.3 Å². The number of ether oxygens (including phenoxy) is 2. The molecule has 3 aromatic rings. The van der Waals surface area contributed by atoms with Gasteiger partial charge in [0, 0.05) is 15.7 Å². The zero-order chi connectivity index (χ0) is 25.7. The van der Waals surface area contributed by atoms with E-state index in [0.717, 1.165) is 21.1 Å². The van der Waals surface area contributed by atoms with E-state index in [9.17, 15) is 18.8 Å². The lowest BCUT2D eigenvalue weighted by atomic mass is 10.1. The fraction of sp³-hybridized carbons (Fsp3) is 0.115. The van der Waals surface area contributed by atoms with E-state index in [1.165, 1.54) is 13.2 Å². The number of hydrogen-bond donors (Lipinski definition) is 1. The molecule has 3 amide bonds. The summed E-state index contributed by atoms with van der Waals surface area (Å²) in [5.41, 5.74) is 1.55. The Morgan fingerprint density at radius 1 is 1.08 bits per heavy atom. The highest BCUT2D eigenvalue weighted by Gasteiger charge is 2.36. The number of benzene rings is 3. The first-order chi connectivity index (χ1) is 17.3. The van der Waals surface area contributed by atoms with Crippen molar-refractivity contribution in [3.63, 3.8) is 0 Å². The molecular formula is C26H20BrFN2O5S. The number of carbonyl (C=O) groups is 3. The average molecular weight is 571 g/mol. The molecule has 0 bridgehead atoms. The van der Waals surface area contributed by atoms with Crippen molar-refractivity contribution in [1.82, 2.24) is 4.90 Å². The van der Waals surface area contributed by atoms with Crippen molar-refractivity contribution in [3.8, 4) is 11.5 Å². The van der Waals surface area contributed by atoms with Crippen molar-refractivity contribution in [2.24, 2.45) is 0 Å². The highest BCUT2D eigenvalue weighted by molar-refractivity contribution is 9.10. The first-order valence-electron chi connectivity index (χ1n) is 10.7. The summed E-state index contributed by atoms with van der Waals surface area (Å²) in [7, 11) is 1.47. The number of thioether (sulfide) groups is 1. The zero-order valence-electron chi connectivity index (χ0n) is 19.0. The predicted molar refractivity (Wildman–Crippen MR) is 139 cm³/mol. The van der Waals surface area contributed by atoms with E-state index in [1.54, 1.807) is 66.7 Å². The fourth-order valence-electron chi connectivity index (χ4n) is 3.33. The molecule has 1 heterocycles. The summed E-state index contributed by atoms with van der Waals surface area (Å²) in [6.07, 6.45) is 1.54. The fourth-order valence-corrected chi connectivity index (χ4v) is 4.43. The minimum absolute atomic E-state index is 0.0174. The minimum atomic E-state index is -0.560.